The van der Waals surface area contributed by atoms with Gasteiger partial charge in [-0.1, -0.05) is 52.4 Å². The number of allylic oxidation sites excluding steroid dienone is 3. The van der Waals surface area contributed by atoms with Crippen molar-refractivity contribution in [3.8, 4) is 6.07 Å². The second-order valence-corrected chi connectivity index (χ2v) is 24.2. The van der Waals surface area contributed by atoms with Gasteiger partial charge in [-0.3, -0.25) is 0 Å². The average Bonchev–Trinajstić information content (AvgIpc) is 2.86. The number of nitrogens with zero attached hydrogens (tertiary/aromatic N) is 1. The van der Waals surface area contributed by atoms with E-state index in [0.29, 0.717) is 25.5 Å². The van der Waals surface area contributed by atoms with Gasteiger partial charge in [-0.15, -0.1) is 0 Å². The van der Waals surface area contributed by atoms with Crippen LogP contribution in [-0.2, 0) is 22.2 Å². The Kier molecular flexibility index (Phi) is 14.4. The van der Waals surface area contributed by atoms with Gasteiger partial charge in [-0.2, -0.15) is 5.26 Å². The Labute approximate surface area is 247 Å². The van der Waals surface area contributed by atoms with Gasteiger partial charge in [0.2, 0.25) is 0 Å². The van der Waals surface area contributed by atoms with Crippen LogP contribution in [0.25, 0.3) is 0 Å². The van der Waals surface area contributed by atoms with Crippen LogP contribution < -0.4 is 5.32 Å². The van der Waals surface area contributed by atoms with Crippen molar-refractivity contribution in [3.05, 3.63) is 22.9 Å². The summed E-state index contributed by atoms with van der Waals surface area (Å²) in [5.74, 6) is -0.547. The van der Waals surface area contributed by atoms with Crippen molar-refractivity contribution >= 4 is 31.4 Å². The lowest BCUT2D eigenvalue weighted by molar-refractivity contribution is -0.142. The molecule has 2 aliphatic rings. The van der Waals surface area contributed by atoms with Gasteiger partial charge in [0.15, 0.2) is 8.32 Å². The predicted octanol–water partition coefficient (Wildman–Crippen LogP) is 7.90. The molecule has 0 saturated carbocycles. The van der Waals surface area contributed by atoms with Gasteiger partial charge in [-0.05, 0) is 95.9 Å². The van der Waals surface area contributed by atoms with E-state index < -0.39 is 37.1 Å². The van der Waals surface area contributed by atoms with E-state index in [4.69, 9.17) is 17.4 Å². The molecule has 1 saturated heterocycles. The van der Waals surface area contributed by atoms with Crippen molar-refractivity contribution in [2.45, 2.75) is 148 Å². The van der Waals surface area contributed by atoms with Crippen molar-refractivity contribution in [1.82, 2.24) is 5.32 Å². The minimum Gasteiger partial charge on any atom is -0.456 e. The number of nitriles is 1. The van der Waals surface area contributed by atoms with Crippen LogP contribution in [0.3, 0.4) is 0 Å². The van der Waals surface area contributed by atoms with E-state index in [2.05, 4.69) is 64.9 Å². The van der Waals surface area contributed by atoms with E-state index in [-0.39, 0.29) is 5.57 Å². The molecule has 0 aromatic carbocycles. The lowest BCUT2D eigenvalue weighted by atomic mass is 9.95. The lowest BCUT2D eigenvalue weighted by Crippen LogP contribution is -2.64. The molecule has 7 nitrogen and oxygen atoms in total. The molecule has 10 heteroatoms. The highest BCUT2D eigenvalue weighted by atomic mass is 28.5. The van der Waals surface area contributed by atoms with Crippen molar-refractivity contribution in [1.29, 1.82) is 5.26 Å². The van der Waals surface area contributed by atoms with Crippen LogP contribution in [0.1, 0.15) is 97.8 Å². The minimum atomic E-state index is -3.02. The summed E-state index contributed by atoms with van der Waals surface area (Å²) < 4.78 is 26.2. The smallest absolute Gasteiger partial charge is 0.358 e. The Morgan fingerprint density at radius 2 is 1.73 bits per heavy atom. The third kappa shape index (κ3) is 11.6. The number of carbonyl (C=O) groups is 1. The summed E-state index contributed by atoms with van der Waals surface area (Å²) in [5, 5.41) is 13.6. The van der Waals surface area contributed by atoms with E-state index in [1.54, 1.807) is 0 Å². The maximum Gasteiger partial charge on any atom is 0.358 e. The zero-order valence-electron chi connectivity index (χ0n) is 26.6. The predicted molar refractivity (Wildman–Crippen MR) is 169 cm³/mol. The van der Waals surface area contributed by atoms with Crippen LogP contribution in [0, 0.1) is 11.3 Å². The van der Waals surface area contributed by atoms with Gasteiger partial charge in [0.25, 0.3) is 0 Å². The highest BCUT2D eigenvalue weighted by molar-refractivity contribution is 6.88. The highest BCUT2D eigenvalue weighted by Crippen LogP contribution is 2.33. The summed E-state index contributed by atoms with van der Waals surface area (Å²) in [7, 11) is -7.60. The Balaban J connectivity index is 2.32. The molecule has 1 aliphatic heterocycles. The van der Waals surface area contributed by atoms with Crippen LogP contribution in [0.2, 0.25) is 38.8 Å². The fourth-order valence-electron chi connectivity index (χ4n) is 5.52. The third-order valence-corrected chi connectivity index (χ3v) is 19.2. The maximum atomic E-state index is 13.7. The first kappa shape index (κ1) is 35.0. The largest absolute Gasteiger partial charge is 0.456 e. The van der Waals surface area contributed by atoms with Crippen molar-refractivity contribution in [3.63, 3.8) is 0 Å². The molecule has 1 heterocycles. The SMILES string of the molecule is CCCCCCCCCC(OC(=O)/C(C#N)=C1\C=C(NC(C)CC)CCC1)[Si]1(C)O[Si](C)(C)CCO[Si](C)(C)O1. The van der Waals surface area contributed by atoms with Crippen LogP contribution >= 0.6 is 0 Å². The number of unbranched alkanes of at least 4 members (excludes halogenated alkanes) is 6. The van der Waals surface area contributed by atoms with Gasteiger partial charge < -0.3 is 22.7 Å². The molecule has 2 rings (SSSR count). The van der Waals surface area contributed by atoms with Gasteiger partial charge >= 0.3 is 23.1 Å². The van der Waals surface area contributed by atoms with Crippen LogP contribution in [0.5, 0.6) is 0 Å². The number of carbonyl (C=O) groups excluding carboxylic acids is 1. The third-order valence-electron chi connectivity index (χ3n) is 7.91. The van der Waals surface area contributed by atoms with Crippen LogP contribution in [0.4, 0.5) is 0 Å². The molecule has 3 unspecified atom stereocenters. The Hall–Kier alpha value is -1.23. The van der Waals surface area contributed by atoms with E-state index in [0.717, 1.165) is 49.4 Å². The van der Waals surface area contributed by atoms with E-state index in [1.165, 1.54) is 32.1 Å². The van der Waals surface area contributed by atoms with Crippen molar-refractivity contribution < 1.29 is 22.2 Å². The maximum absolute atomic E-state index is 13.7. The van der Waals surface area contributed by atoms with Gasteiger partial charge in [0.05, 0.1) is 0 Å². The number of ether oxygens (including phenoxy) is 1. The number of hydrogen-bond donors (Lipinski definition) is 1. The summed E-state index contributed by atoms with van der Waals surface area (Å²) in [6, 6.07) is 3.42. The number of esters is 1. The number of hydrogen-bond acceptors (Lipinski definition) is 7. The van der Waals surface area contributed by atoms with Gasteiger partial charge in [0, 0.05) is 18.3 Å². The summed E-state index contributed by atoms with van der Waals surface area (Å²) in [5.41, 5.74) is 1.46. The van der Waals surface area contributed by atoms with Crippen molar-refractivity contribution in [2.75, 3.05) is 6.61 Å². The quantitative estimate of drug-likeness (QED) is 0.0705. The molecular weight excluding hydrogens is 553 g/mol. The Morgan fingerprint density at radius 3 is 2.38 bits per heavy atom. The fraction of sp³-hybridized carbons (Fsp3) is 0.800. The molecule has 3 atom stereocenters. The summed E-state index contributed by atoms with van der Waals surface area (Å²) in [6.07, 6.45) is 14.4. The summed E-state index contributed by atoms with van der Waals surface area (Å²) in [6.45, 7) is 17.7. The van der Waals surface area contributed by atoms with Gasteiger partial charge in [0.1, 0.15) is 17.4 Å². The van der Waals surface area contributed by atoms with E-state index in [9.17, 15) is 10.1 Å². The molecular formula is C30H56N2O5Si3. The van der Waals surface area contributed by atoms with Crippen LogP contribution in [-0.4, -0.2) is 49.8 Å². The zero-order valence-corrected chi connectivity index (χ0v) is 29.6. The monoisotopic (exact) mass is 608 g/mol. The second-order valence-electron chi connectivity index (χ2n) is 12.8. The standard InChI is InChI=1S/C30H56N2O5Si3/c1-9-11-12-13-14-15-16-20-29(40(8)36-38(4,5)22-21-34-39(6,7)37-40)35-30(33)28(24-31)26-18-17-19-27(23-26)32-25(3)10-2/h23,25,29,32H,9-22H2,1-8H3/b28-26-. The highest BCUT2D eigenvalue weighted by Gasteiger charge is 2.53. The van der Waals surface area contributed by atoms with Gasteiger partial charge in [-0.25, -0.2) is 4.79 Å². The molecule has 228 valence electrons. The Bertz CT molecular complexity index is 911. The molecule has 0 radical (unpaired) electrons. The normalized spacial score (nSPS) is 25.4. The minimum absolute atomic E-state index is 0.112. The molecule has 0 amide bonds. The summed E-state index contributed by atoms with van der Waals surface area (Å²) >= 11 is 0. The topological polar surface area (TPSA) is 89.8 Å². The number of nitrogens with one attached hydrogen (secondary N) is 1. The molecule has 40 heavy (non-hydrogen) atoms. The molecule has 0 spiro atoms. The fourth-order valence-corrected chi connectivity index (χ4v) is 18.5. The first-order valence-electron chi connectivity index (χ1n) is 15.7. The first-order valence-corrected chi connectivity index (χ1v) is 24.0. The number of rotatable bonds is 14. The molecule has 0 bridgehead atoms. The van der Waals surface area contributed by atoms with E-state index >= 15 is 0 Å². The Morgan fingerprint density at radius 1 is 1.05 bits per heavy atom. The summed E-state index contributed by atoms with van der Waals surface area (Å²) in [4.78, 5) is 13.7. The van der Waals surface area contributed by atoms with E-state index in [1.807, 2.05) is 6.08 Å². The lowest BCUT2D eigenvalue weighted by Gasteiger charge is -2.45. The van der Waals surface area contributed by atoms with Crippen LogP contribution in [0.15, 0.2) is 22.9 Å². The van der Waals surface area contributed by atoms with Crippen molar-refractivity contribution in [2.24, 2.45) is 0 Å². The molecule has 1 fully saturated rings. The molecule has 0 aromatic heterocycles. The second kappa shape index (κ2) is 16.4. The molecule has 0 aromatic rings. The average molecular weight is 609 g/mol. The first-order chi connectivity index (χ1) is 18.8. The molecule has 1 aliphatic carbocycles. The molecule has 1 N–H and O–H groups in total. The zero-order chi connectivity index (χ0) is 29.8.